The minimum Gasteiger partial charge on any atom is -0.395 e. The highest BCUT2D eigenvalue weighted by Crippen LogP contribution is 2.04. The summed E-state index contributed by atoms with van der Waals surface area (Å²) < 4.78 is 22.4. The number of amides is 1. The van der Waals surface area contributed by atoms with E-state index in [1.165, 1.54) is 6.20 Å². The summed E-state index contributed by atoms with van der Waals surface area (Å²) in [5.41, 5.74) is 0.582. The maximum absolute atomic E-state index is 12.1. The molecule has 0 aromatic carbocycles. The second kappa shape index (κ2) is 7.76. The lowest BCUT2D eigenvalue weighted by molar-refractivity contribution is 0.0938. The Morgan fingerprint density at radius 2 is 2.24 bits per heavy atom. The number of carbonyl (C=O) groups is 1. The van der Waals surface area contributed by atoms with Crippen LogP contribution in [0.1, 0.15) is 29.4 Å². The fourth-order valence-electron chi connectivity index (χ4n) is 1.69. The maximum Gasteiger partial charge on any atom is 0.271 e. The third-order valence-electron chi connectivity index (χ3n) is 2.41. The zero-order valence-electron chi connectivity index (χ0n) is 12.0. The fourth-order valence-corrected chi connectivity index (χ4v) is 2.68. The Balaban J connectivity index is 2.86. The van der Waals surface area contributed by atoms with Crippen molar-refractivity contribution in [3.8, 4) is 11.8 Å². The van der Waals surface area contributed by atoms with Crippen molar-refractivity contribution >= 4 is 15.7 Å². The van der Waals surface area contributed by atoms with Crippen molar-refractivity contribution in [2.24, 2.45) is 0 Å². The lowest BCUT2D eigenvalue weighted by Gasteiger charge is -2.12. The third-order valence-corrected chi connectivity index (χ3v) is 3.52. The van der Waals surface area contributed by atoms with Crippen LogP contribution in [0.2, 0.25) is 0 Å². The van der Waals surface area contributed by atoms with Gasteiger partial charge in [0.25, 0.3) is 5.91 Å². The van der Waals surface area contributed by atoms with Crippen LogP contribution in [-0.4, -0.2) is 49.1 Å². The smallest absolute Gasteiger partial charge is 0.271 e. The number of aliphatic hydroxyl groups excluding tert-OH is 1. The van der Waals surface area contributed by atoms with Crippen LogP contribution < -0.4 is 5.32 Å². The topological polar surface area (TPSA) is 96.4 Å². The summed E-state index contributed by atoms with van der Waals surface area (Å²) in [6, 6.07) is 2.78. The summed E-state index contributed by atoms with van der Waals surface area (Å²) >= 11 is 0. The Morgan fingerprint density at radius 1 is 1.52 bits per heavy atom. The van der Waals surface area contributed by atoms with Gasteiger partial charge < -0.3 is 10.4 Å². The molecule has 21 heavy (non-hydrogen) atoms. The first-order valence-electron chi connectivity index (χ1n) is 6.37. The normalized spacial score (nSPS) is 12.1. The Bertz CT molecular complexity index is 659. The van der Waals surface area contributed by atoms with E-state index >= 15 is 0 Å². The van der Waals surface area contributed by atoms with Crippen molar-refractivity contribution in [3.05, 3.63) is 29.6 Å². The van der Waals surface area contributed by atoms with Gasteiger partial charge in [0, 0.05) is 24.9 Å². The summed E-state index contributed by atoms with van der Waals surface area (Å²) in [4.78, 5) is 16.1. The quantitative estimate of drug-likeness (QED) is 0.745. The van der Waals surface area contributed by atoms with Crippen molar-refractivity contribution in [3.63, 3.8) is 0 Å². The van der Waals surface area contributed by atoms with Gasteiger partial charge in [-0.15, -0.1) is 0 Å². The molecule has 0 aliphatic heterocycles. The zero-order valence-corrected chi connectivity index (χ0v) is 12.8. The number of nitrogens with zero attached hydrogens (tertiary/aromatic N) is 1. The first kappa shape index (κ1) is 17.1. The van der Waals surface area contributed by atoms with Crippen LogP contribution in [-0.2, 0) is 9.84 Å². The van der Waals surface area contributed by atoms with Gasteiger partial charge in [0.15, 0.2) is 0 Å². The van der Waals surface area contributed by atoms with Crippen LogP contribution >= 0.6 is 0 Å². The number of aromatic nitrogens is 1. The minimum absolute atomic E-state index is 0.0554. The summed E-state index contributed by atoms with van der Waals surface area (Å²) in [6.07, 6.45) is 2.88. The van der Waals surface area contributed by atoms with Gasteiger partial charge in [0.1, 0.15) is 15.5 Å². The SMILES string of the molecule is CC(CS(C)(=O)=O)NC(=O)c1ncccc1C#CCCO. The number of sulfone groups is 1. The highest BCUT2D eigenvalue weighted by Gasteiger charge is 2.17. The van der Waals surface area contributed by atoms with E-state index in [9.17, 15) is 13.2 Å². The summed E-state index contributed by atoms with van der Waals surface area (Å²) in [5.74, 6) is 4.87. The molecule has 0 spiro atoms. The average molecular weight is 310 g/mol. The van der Waals surface area contributed by atoms with Crippen molar-refractivity contribution in [2.45, 2.75) is 19.4 Å². The van der Waals surface area contributed by atoms with Crippen LogP contribution in [0.15, 0.2) is 18.3 Å². The number of pyridine rings is 1. The highest BCUT2D eigenvalue weighted by molar-refractivity contribution is 7.90. The monoisotopic (exact) mass is 310 g/mol. The van der Waals surface area contributed by atoms with Crippen molar-refractivity contribution in [2.75, 3.05) is 18.6 Å². The van der Waals surface area contributed by atoms with Gasteiger partial charge in [-0.05, 0) is 19.1 Å². The van der Waals surface area contributed by atoms with E-state index in [0.717, 1.165) is 6.26 Å². The molecule has 0 aliphatic carbocycles. The van der Waals surface area contributed by atoms with E-state index in [1.807, 2.05) is 0 Å². The first-order valence-corrected chi connectivity index (χ1v) is 8.43. The van der Waals surface area contributed by atoms with Gasteiger partial charge in [0.05, 0.1) is 17.9 Å². The van der Waals surface area contributed by atoms with E-state index in [4.69, 9.17) is 5.11 Å². The van der Waals surface area contributed by atoms with Gasteiger partial charge in [-0.1, -0.05) is 11.8 Å². The molecule has 1 heterocycles. The highest BCUT2D eigenvalue weighted by atomic mass is 32.2. The number of nitrogens with one attached hydrogen (secondary N) is 1. The van der Waals surface area contributed by atoms with E-state index in [0.29, 0.717) is 12.0 Å². The van der Waals surface area contributed by atoms with Crippen LogP contribution in [0, 0.1) is 11.8 Å². The molecule has 0 bridgehead atoms. The summed E-state index contributed by atoms with van der Waals surface area (Å²) in [7, 11) is -3.17. The predicted molar refractivity (Wildman–Crippen MR) is 79.5 cm³/mol. The largest absolute Gasteiger partial charge is 0.395 e. The molecular formula is C14H18N2O4S. The Labute approximate surface area is 124 Å². The van der Waals surface area contributed by atoms with Gasteiger partial charge >= 0.3 is 0 Å². The van der Waals surface area contributed by atoms with Crippen molar-refractivity contribution < 1.29 is 18.3 Å². The molecule has 1 amide bonds. The average Bonchev–Trinajstić information content (AvgIpc) is 2.37. The third kappa shape index (κ3) is 6.38. The molecule has 1 rings (SSSR count). The lowest BCUT2D eigenvalue weighted by atomic mass is 10.1. The second-order valence-electron chi connectivity index (χ2n) is 4.64. The molecule has 7 heteroatoms. The van der Waals surface area contributed by atoms with Crippen LogP contribution in [0.4, 0.5) is 0 Å². The molecule has 0 radical (unpaired) electrons. The molecule has 6 nitrogen and oxygen atoms in total. The molecule has 114 valence electrons. The number of hydrogen-bond acceptors (Lipinski definition) is 5. The Morgan fingerprint density at radius 3 is 2.86 bits per heavy atom. The number of hydrogen-bond donors (Lipinski definition) is 2. The van der Waals surface area contributed by atoms with E-state index in [1.54, 1.807) is 19.1 Å². The molecular weight excluding hydrogens is 292 g/mol. The van der Waals surface area contributed by atoms with Crippen molar-refractivity contribution in [1.29, 1.82) is 0 Å². The van der Waals surface area contributed by atoms with Crippen molar-refractivity contribution in [1.82, 2.24) is 10.3 Å². The fraction of sp³-hybridized carbons (Fsp3) is 0.429. The first-order chi connectivity index (χ1) is 9.83. The molecule has 2 N–H and O–H groups in total. The molecule has 0 aliphatic rings. The molecule has 1 aromatic heterocycles. The zero-order chi connectivity index (χ0) is 15.9. The van der Waals surface area contributed by atoms with E-state index in [2.05, 4.69) is 22.1 Å². The summed E-state index contributed by atoms with van der Waals surface area (Å²) in [6.45, 7) is 1.55. The molecule has 1 aromatic rings. The minimum atomic E-state index is -3.17. The molecule has 1 atom stereocenters. The molecule has 1 unspecified atom stereocenters. The predicted octanol–water partition coefficient (Wildman–Crippen LogP) is -0.0216. The van der Waals surface area contributed by atoms with E-state index in [-0.39, 0.29) is 18.1 Å². The number of aliphatic hydroxyl groups is 1. The van der Waals surface area contributed by atoms with Crippen LogP contribution in [0.3, 0.4) is 0 Å². The van der Waals surface area contributed by atoms with Crippen LogP contribution in [0.25, 0.3) is 0 Å². The van der Waals surface area contributed by atoms with E-state index < -0.39 is 21.8 Å². The Hall–Kier alpha value is -1.91. The number of carbonyl (C=O) groups excluding carboxylic acids is 1. The molecule has 0 saturated carbocycles. The summed E-state index contributed by atoms with van der Waals surface area (Å²) in [5, 5.41) is 11.3. The number of rotatable bonds is 5. The van der Waals surface area contributed by atoms with Gasteiger partial charge in [0.2, 0.25) is 0 Å². The van der Waals surface area contributed by atoms with Crippen LogP contribution in [0.5, 0.6) is 0 Å². The molecule has 0 saturated heterocycles. The standard InChI is InChI=1S/C14H18N2O4S/c1-11(10-21(2,19)20)16-14(18)13-12(6-3-4-9-17)7-5-8-15-13/h5,7-8,11,17H,4,9-10H2,1-2H3,(H,16,18). The molecule has 0 fully saturated rings. The van der Waals surface area contributed by atoms with Gasteiger partial charge in [-0.3, -0.25) is 4.79 Å². The van der Waals surface area contributed by atoms with Gasteiger partial charge in [-0.25, -0.2) is 13.4 Å². The van der Waals surface area contributed by atoms with Gasteiger partial charge in [-0.2, -0.15) is 0 Å². The lowest BCUT2D eigenvalue weighted by Crippen LogP contribution is -2.38. The second-order valence-corrected chi connectivity index (χ2v) is 6.83. The Kier molecular flexibility index (Phi) is 6.34. The maximum atomic E-state index is 12.1.